The van der Waals surface area contributed by atoms with Crippen molar-refractivity contribution in [2.45, 2.75) is 0 Å². The minimum atomic E-state index is -0.333. The Hall–Kier alpha value is -3.22. The van der Waals surface area contributed by atoms with Crippen LogP contribution in [0.3, 0.4) is 0 Å². The lowest BCUT2D eigenvalue weighted by Gasteiger charge is -2.35. The molecule has 4 rings (SSSR count). The van der Waals surface area contributed by atoms with E-state index in [1.807, 2.05) is 4.90 Å². The molecule has 0 aliphatic carbocycles. The Morgan fingerprint density at radius 3 is 2.48 bits per heavy atom. The molecule has 2 heterocycles. The van der Waals surface area contributed by atoms with Crippen LogP contribution < -0.4 is 9.64 Å². The number of nitrogens with zero attached hydrogens (tertiary/aromatic N) is 4. The van der Waals surface area contributed by atoms with Gasteiger partial charge in [-0.1, -0.05) is 6.07 Å². The van der Waals surface area contributed by atoms with E-state index in [1.54, 1.807) is 48.4 Å². The molecule has 1 saturated heterocycles. The van der Waals surface area contributed by atoms with Crippen molar-refractivity contribution < 1.29 is 13.9 Å². The predicted molar refractivity (Wildman–Crippen MR) is 101 cm³/mol. The summed E-state index contributed by atoms with van der Waals surface area (Å²) in [7, 11) is 1.59. The van der Waals surface area contributed by atoms with Gasteiger partial charge in [-0.25, -0.2) is 14.4 Å². The van der Waals surface area contributed by atoms with E-state index in [-0.39, 0.29) is 11.7 Å². The Bertz CT molecular complexity index is 964. The number of halogens is 1. The van der Waals surface area contributed by atoms with Crippen LogP contribution in [0.5, 0.6) is 5.75 Å². The molecule has 1 aliphatic rings. The van der Waals surface area contributed by atoms with Gasteiger partial charge in [0.2, 0.25) is 0 Å². The van der Waals surface area contributed by atoms with Gasteiger partial charge in [-0.15, -0.1) is 0 Å². The van der Waals surface area contributed by atoms with Crippen molar-refractivity contribution in [2.24, 2.45) is 0 Å². The largest absolute Gasteiger partial charge is 0.497 e. The number of hydrogen-bond acceptors (Lipinski definition) is 5. The third-order valence-electron chi connectivity index (χ3n) is 4.80. The Labute approximate surface area is 156 Å². The second-order valence-electron chi connectivity index (χ2n) is 6.34. The lowest BCUT2D eigenvalue weighted by Crippen LogP contribution is -2.49. The molecular weight excluding hydrogens is 347 g/mol. The maximum Gasteiger partial charge on any atom is 0.253 e. The van der Waals surface area contributed by atoms with Crippen LogP contribution in [-0.4, -0.2) is 54.1 Å². The second-order valence-corrected chi connectivity index (χ2v) is 6.34. The summed E-state index contributed by atoms with van der Waals surface area (Å²) in [6.45, 7) is 2.26. The van der Waals surface area contributed by atoms with Crippen LogP contribution in [-0.2, 0) is 0 Å². The third-order valence-corrected chi connectivity index (χ3v) is 4.80. The van der Waals surface area contributed by atoms with Gasteiger partial charge in [-0.05, 0) is 36.4 Å². The molecule has 1 fully saturated rings. The molecule has 1 aliphatic heterocycles. The monoisotopic (exact) mass is 366 g/mol. The lowest BCUT2D eigenvalue weighted by molar-refractivity contribution is 0.0746. The first-order valence-corrected chi connectivity index (χ1v) is 8.75. The second kappa shape index (κ2) is 7.19. The van der Waals surface area contributed by atoms with Crippen LogP contribution >= 0.6 is 0 Å². The number of benzene rings is 2. The fraction of sp³-hybridized carbons (Fsp3) is 0.250. The van der Waals surface area contributed by atoms with Gasteiger partial charge in [0.25, 0.3) is 5.91 Å². The number of amides is 1. The quantitative estimate of drug-likeness (QED) is 0.713. The predicted octanol–water partition coefficient (Wildman–Crippen LogP) is 2.74. The highest BCUT2D eigenvalue weighted by Gasteiger charge is 2.24. The number of carbonyl (C=O) groups is 1. The molecule has 0 bridgehead atoms. The summed E-state index contributed by atoms with van der Waals surface area (Å²) < 4.78 is 19.4. The molecule has 138 valence electrons. The van der Waals surface area contributed by atoms with Crippen LogP contribution in [0.1, 0.15) is 10.4 Å². The third kappa shape index (κ3) is 3.28. The zero-order valence-corrected chi connectivity index (χ0v) is 14.9. The Balaban J connectivity index is 1.50. The van der Waals surface area contributed by atoms with Gasteiger partial charge in [-0.2, -0.15) is 0 Å². The lowest BCUT2D eigenvalue weighted by atomic mass is 10.1. The molecule has 0 spiro atoms. The summed E-state index contributed by atoms with van der Waals surface area (Å²) in [5.74, 6) is 0.944. The molecule has 2 aromatic carbocycles. The average Bonchev–Trinajstić information content (AvgIpc) is 2.73. The highest BCUT2D eigenvalue weighted by molar-refractivity contribution is 5.95. The van der Waals surface area contributed by atoms with Crippen LogP contribution in [0.2, 0.25) is 0 Å². The normalized spacial score (nSPS) is 14.4. The summed E-state index contributed by atoms with van der Waals surface area (Å²) in [5.41, 5.74) is 1.21. The van der Waals surface area contributed by atoms with Gasteiger partial charge >= 0.3 is 0 Å². The maximum absolute atomic E-state index is 14.3. The van der Waals surface area contributed by atoms with E-state index in [2.05, 4.69) is 9.97 Å². The van der Waals surface area contributed by atoms with E-state index >= 15 is 0 Å². The molecule has 0 atom stereocenters. The van der Waals surface area contributed by atoms with Gasteiger partial charge in [0, 0.05) is 31.7 Å². The van der Waals surface area contributed by atoms with E-state index in [0.29, 0.717) is 54.2 Å². The number of piperazine rings is 1. The number of ether oxygens (including phenoxy) is 1. The average molecular weight is 366 g/mol. The molecule has 7 heteroatoms. The minimum absolute atomic E-state index is 0.0176. The van der Waals surface area contributed by atoms with Crippen LogP contribution in [0.25, 0.3) is 10.9 Å². The van der Waals surface area contributed by atoms with E-state index < -0.39 is 0 Å². The van der Waals surface area contributed by atoms with Crippen molar-refractivity contribution in [1.82, 2.24) is 14.9 Å². The molecule has 0 N–H and O–H groups in total. The highest BCUT2D eigenvalue weighted by Crippen LogP contribution is 2.26. The Morgan fingerprint density at radius 1 is 1.04 bits per heavy atom. The minimum Gasteiger partial charge on any atom is -0.497 e. The standard InChI is InChI=1S/C20H19FN4O2/c1-27-15-7-5-14(6-8-15)20(26)25-11-9-24(10-12-25)19-18-16(21)3-2-4-17(18)22-13-23-19/h2-8,13H,9-12H2,1H3. The summed E-state index contributed by atoms with van der Waals surface area (Å²) >= 11 is 0. The number of methoxy groups -OCH3 is 1. The SMILES string of the molecule is COc1ccc(C(=O)N2CCN(c3ncnc4cccc(F)c34)CC2)cc1. The molecule has 0 saturated carbocycles. The van der Waals surface area contributed by atoms with Crippen LogP contribution in [0.4, 0.5) is 10.2 Å². The Morgan fingerprint density at radius 2 is 1.78 bits per heavy atom. The molecule has 6 nitrogen and oxygen atoms in total. The molecule has 3 aromatic rings. The van der Waals surface area contributed by atoms with Crippen molar-refractivity contribution >= 4 is 22.6 Å². The maximum atomic E-state index is 14.3. The van der Waals surface area contributed by atoms with Gasteiger partial charge in [0.1, 0.15) is 23.7 Å². The number of carbonyl (C=O) groups excluding carboxylic acids is 1. The number of anilines is 1. The molecule has 1 amide bonds. The van der Waals surface area contributed by atoms with Crippen LogP contribution in [0.15, 0.2) is 48.8 Å². The first kappa shape index (κ1) is 17.2. The van der Waals surface area contributed by atoms with Crippen molar-refractivity contribution in [3.05, 3.63) is 60.2 Å². The summed E-state index contributed by atoms with van der Waals surface area (Å²) in [4.78, 5) is 24.9. The first-order valence-electron chi connectivity index (χ1n) is 8.75. The molecule has 27 heavy (non-hydrogen) atoms. The zero-order valence-electron chi connectivity index (χ0n) is 14.9. The van der Waals surface area contributed by atoms with E-state index in [9.17, 15) is 9.18 Å². The summed E-state index contributed by atoms with van der Waals surface area (Å²) in [5, 5.41) is 0.426. The number of fused-ring (bicyclic) bond motifs is 1. The van der Waals surface area contributed by atoms with Crippen molar-refractivity contribution in [3.8, 4) is 5.75 Å². The van der Waals surface area contributed by atoms with Crippen molar-refractivity contribution in [2.75, 3.05) is 38.2 Å². The van der Waals surface area contributed by atoms with Crippen molar-refractivity contribution in [3.63, 3.8) is 0 Å². The first-order chi connectivity index (χ1) is 13.2. The van der Waals surface area contributed by atoms with Gasteiger partial charge < -0.3 is 14.5 Å². The molecule has 1 aromatic heterocycles. The molecule has 0 unspecified atom stereocenters. The van der Waals surface area contributed by atoms with E-state index in [0.717, 1.165) is 0 Å². The molecular formula is C20H19FN4O2. The topological polar surface area (TPSA) is 58.6 Å². The van der Waals surface area contributed by atoms with Crippen molar-refractivity contribution in [1.29, 1.82) is 0 Å². The fourth-order valence-electron chi connectivity index (χ4n) is 3.33. The summed E-state index contributed by atoms with van der Waals surface area (Å²) in [6, 6.07) is 11.9. The highest BCUT2D eigenvalue weighted by atomic mass is 19.1. The number of hydrogen-bond donors (Lipinski definition) is 0. The fourth-order valence-corrected chi connectivity index (χ4v) is 3.33. The van der Waals surface area contributed by atoms with Crippen LogP contribution in [0, 0.1) is 5.82 Å². The van der Waals surface area contributed by atoms with Gasteiger partial charge in [0.05, 0.1) is 18.0 Å². The van der Waals surface area contributed by atoms with E-state index in [4.69, 9.17) is 4.74 Å². The smallest absolute Gasteiger partial charge is 0.253 e. The number of aromatic nitrogens is 2. The molecule has 0 radical (unpaired) electrons. The summed E-state index contributed by atoms with van der Waals surface area (Å²) in [6.07, 6.45) is 1.45. The zero-order chi connectivity index (χ0) is 18.8. The van der Waals surface area contributed by atoms with E-state index in [1.165, 1.54) is 12.4 Å². The number of rotatable bonds is 3. The van der Waals surface area contributed by atoms with Gasteiger partial charge in [0.15, 0.2) is 0 Å². The Kier molecular flexibility index (Phi) is 4.58. The van der Waals surface area contributed by atoms with Gasteiger partial charge in [-0.3, -0.25) is 4.79 Å².